The van der Waals surface area contributed by atoms with E-state index in [1.165, 1.54) is 6.07 Å². The highest BCUT2D eigenvalue weighted by Crippen LogP contribution is 2.18. The molecule has 0 aliphatic carbocycles. The van der Waals surface area contributed by atoms with Crippen molar-refractivity contribution in [2.24, 2.45) is 0 Å². The molecule has 1 aromatic rings. The van der Waals surface area contributed by atoms with Gasteiger partial charge >= 0.3 is 0 Å². The Kier molecular flexibility index (Phi) is 5.03. The third-order valence-electron chi connectivity index (χ3n) is 3.41. The van der Waals surface area contributed by atoms with Crippen molar-refractivity contribution in [3.63, 3.8) is 0 Å². The van der Waals surface area contributed by atoms with Crippen molar-refractivity contribution >= 4 is 19.9 Å². The lowest BCUT2D eigenvalue weighted by Crippen LogP contribution is -2.43. The number of sulfonamides is 1. The Morgan fingerprint density at radius 1 is 1.29 bits per heavy atom. The van der Waals surface area contributed by atoms with Gasteiger partial charge in [0.2, 0.25) is 10.0 Å². The largest absolute Gasteiger partial charge is 0.316 e. The summed E-state index contributed by atoms with van der Waals surface area (Å²) < 4.78 is 50.7. The van der Waals surface area contributed by atoms with E-state index in [-0.39, 0.29) is 16.4 Å². The lowest BCUT2D eigenvalue weighted by atomic mass is 10.2. The van der Waals surface area contributed by atoms with Gasteiger partial charge in [0.05, 0.1) is 16.4 Å². The van der Waals surface area contributed by atoms with Crippen LogP contribution in [-0.4, -0.2) is 41.4 Å². The average Bonchev–Trinajstić information content (AvgIpc) is 2.38. The fourth-order valence-corrected chi connectivity index (χ4v) is 5.75. The predicted octanol–water partition coefficient (Wildman–Crippen LogP) is 0.262. The van der Waals surface area contributed by atoms with E-state index in [2.05, 4.69) is 10.0 Å². The van der Waals surface area contributed by atoms with E-state index in [0.717, 1.165) is 0 Å². The minimum atomic E-state index is -3.72. The molecule has 1 saturated heterocycles. The fourth-order valence-electron chi connectivity index (χ4n) is 2.50. The molecule has 2 rings (SSSR count). The van der Waals surface area contributed by atoms with Crippen LogP contribution in [0.3, 0.4) is 0 Å². The molecule has 2 N–H and O–H groups in total. The molecule has 1 aliphatic heterocycles. The predicted molar refractivity (Wildman–Crippen MR) is 81.2 cm³/mol. The summed E-state index contributed by atoms with van der Waals surface area (Å²) in [7, 11) is -5.12. The lowest BCUT2D eigenvalue weighted by molar-refractivity contribution is 0.516. The zero-order chi connectivity index (χ0) is 15.5. The number of hydrogen-bond acceptors (Lipinski definition) is 5. The van der Waals surface area contributed by atoms with Gasteiger partial charge in [-0.3, -0.25) is 0 Å². The topological polar surface area (TPSA) is 92.3 Å². The van der Waals surface area contributed by atoms with Gasteiger partial charge in [-0.25, -0.2) is 21.6 Å². The van der Waals surface area contributed by atoms with Crippen molar-refractivity contribution in [2.75, 3.05) is 18.6 Å². The van der Waals surface area contributed by atoms with Crippen molar-refractivity contribution < 1.29 is 16.8 Å². The molecule has 0 bridgehead atoms. The molecule has 6 nitrogen and oxygen atoms in total. The van der Waals surface area contributed by atoms with Crippen LogP contribution in [-0.2, 0) is 26.4 Å². The Bertz CT molecular complexity index is 699. The van der Waals surface area contributed by atoms with Crippen LogP contribution in [0.4, 0.5) is 0 Å². The van der Waals surface area contributed by atoms with Crippen molar-refractivity contribution in [3.05, 3.63) is 29.8 Å². The van der Waals surface area contributed by atoms with E-state index < -0.39 is 25.9 Å². The second-order valence-electron chi connectivity index (χ2n) is 5.21. The molecule has 1 unspecified atom stereocenters. The standard InChI is InChI=1S/C13H20N2O4S2/c1-14-9-11-5-2-3-7-13(11)21(18,19)15-12-6-4-8-20(16,17)10-12/h2-3,5,7,12,14-15H,4,6,8-10H2,1H3. The highest BCUT2D eigenvalue weighted by Gasteiger charge is 2.29. The zero-order valence-corrected chi connectivity index (χ0v) is 13.5. The third-order valence-corrected chi connectivity index (χ3v) is 6.86. The van der Waals surface area contributed by atoms with Gasteiger partial charge in [-0.05, 0) is 31.5 Å². The maximum absolute atomic E-state index is 12.5. The smallest absolute Gasteiger partial charge is 0.241 e. The Morgan fingerprint density at radius 3 is 2.67 bits per heavy atom. The lowest BCUT2D eigenvalue weighted by Gasteiger charge is -2.23. The van der Waals surface area contributed by atoms with Crippen LogP contribution in [0.5, 0.6) is 0 Å². The molecule has 21 heavy (non-hydrogen) atoms. The summed E-state index contributed by atoms with van der Waals surface area (Å²) in [4.78, 5) is 0.197. The summed E-state index contributed by atoms with van der Waals surface area (Å²) in [6, 6.07) is 6.16. The van der Waals surface area contributed by atoms with Gasteiger partial charge in [0, 0.05) is 12.6 Å². The molecule has 1 aromatic carbocycles. The van der Waals surface area contributed by atoms with Crippen LogP contribution in [0.2, 0.25) is 0 Å². The highest BCUT2D eigenvalue weighted by atomic mass is 32.2. The van der Waals surface area contributed by atoms with Crippen molar-refractivity contribution in [3.8, 4) is 0 Å². The van der Waals surface area contributed by atoms with Gasteiger partial charge in [0.25, 0.3) is 0 Å². The molecule has 118 valence electrons. The molecule has 1 aliphatic rings. The van der Waals surface area contributed by atoms with Crippen LogP contribution < -0.4 is 10.0 Å². The van der Waals surface area contributed by atoms with E-state index in [1.807, 2.05) is 0 Å². The summed E-state index contributed by atoms with van der Waals surface area (Å²) in [5.74, 6) is 0.0159. The minimum Gasteiger partial charge on any atom is -0.316 e. The molecule has 0 aromatic heterocycles. The molecule has 0 saturated carbocycles. The maximum atomic E-state index is 12.5. The molecule has 8 heteroatoms. The second kappa shape index (κ2) is 6.43. The normalized spacial score (nSPS) is 22.0. The summed E-state index contributed by atoms with van der Waals surface area (Å²) in [6.07, 6.45) is 1.04. The number of hydrogen-bond donors (Lipinski definition) is 2. The van der Waals surface area contributed by atoms with Crippen LogP contribution >= 0.6 is 0 Å². The minimum absolute atomic E-state index is 0.125. The van der Waals surface area contributed by atoms with E-state index in [1.54, 1.807) is 25.2 Å². The number of rotatable bonds is 5. The van der Waals surface area contributed by atoms with Crippen molar-refractivity contribution in [1.82, 2.24) is 10.0 Å². The van der Waals surface area contributed by atoms with Crippen LogP contribution in [0.25, 0.3) is 0 Å². The van der Waals surface area contributed by atoms with Crippen LogP contribution in [0.15, 0.2) is 29.2 Å². The first-order chi connectivity index (χ1) is 9.84. The first kappa shape index (κ1) is 16.4. The fraction of sp³-hybridized carbons (Fsp3) is 0.538. The molecular formula is C13H20N2O4S2. The zero-order valence-electron chi connectivity index (χ0n) is 11.9. The first-order valence-electron chi connectivity index (χ1n) is 6.79. The monoisotopic (exact) mass is 332 g/mol. The van der Waals surface area contributed by atoms with Crippen molar-refractivity contribution in [2.45, 2.75) is 30.3 Å². The van der Waals surface area contributed by atoms with Gasteiger partial charge in [0.15, 0.2) is 9.84 Å². The Labute approximate surface area is 125 Å². The van der Waals surface area contributed by atoms with Crippen LogP contribution in [0.1, 0.15) is 18.4 Å². The van der Waals surface area contributed by atoms with E-state index in [9.17, 15) is 16.8 Å². The van der Waals surface area contributed by atoms with Crippen molar-refractivity contribution in [1.29, 1.82) is 0 Å². The number of benzene rings is 1. The molecule has 0 spiro atoms. The Hall–Kier alpha value is -0.960. The van der Waals surface area contributed by atoms with Gasteiger partial charge in [-0.1, -0.05) is 18.2 Å². The maximum Gasteiger partial charge on any atom is 0.241 e. The van der Waals surface area contributed by atoms with E-state index in [4.69, 9.17) is 0 Å². The van der Waals surface area contributed by atoms with E-state index in [0.29, 0.717) is 24.9 Å². The summed E-state index contributed by atoms with van der Waals surface area (Å²) in [5.41, 5.74) is 0.658. The second-order valence-corrected chi connectivity index (χ2v) is 9.12. The molecule has 1 heterocycles. The summed E-state index contributed by atoms with van der Waals surface area (Å²) >= 11 is 0. The Balaban J connectivity index is 2.23. The molecular weight excluding hydrogens is 312 g/mol. The molecule has 1 atom stereocenters. The Morgan fingerprint density at radius 2 is 2.00 bits per heavy atom. The average molecular weight is 332 g/mol. The SMILES string of the molecule is CNCc1ccccc1S(=O)(=O)NC1CCCS(=O)(=O)C1. The third kappa shape index (κ3) is 4.26. The molecule has 0 amide bonds. The van der Waals surface area contributed by atoms with Gasteiger partial charge in [-0.2, -0.15) is 0 Å². The summed E-state index contributed by atoms with van der Waals surface area (Å²) in [6.45, 7) is 0.431. The highest BCUT2D eigenvalue weighted by molar-refractivity contribution is 7.91. The molecule has 0 radical (unpaired) electrons. The molecule has 1 fully saturated rings. The van der Waals surface area contributed by atoms with Gasteiger partial charge < -0.3 is 5.32 Å². The van der Waals surface area contributed by atoms with E-state index >= 15 is 0 Å². The number of sulfone groups is 1. The van der Waals surface area contributed by atoms with Gasteiger partial charge in [-0.15, -0.1) is 0 Å². The first-order valence-corrected chi connectivity index (χ1v) is 10.1. The quantitative estimate of drug-likeness (QED) is 0.807. The van der Waals surface area contributed by atoms with Gasteiger partial charge in [0.1, 0.15) is 0 Å². The van der Waals surface area contributed by atoms with Crippen LogP contribution in [0, 0.1) is 0 Å². The summed E-state index contributed by atoms with van der Waals surface area (Å²) in [5, 5.41) is 2.93. The number of nitrogens with one attached hydrogen (secondary N) is 2.